The Morgan fingerprint density at radius 1 is 1.20 bits per heavy atom. The van der Waals surface area contributed by atoms with Gasteiger partial charge in [0.15, 0.2) is 0 Å². The first-order valence-corrected chi connectivity index (χ1v) is 9.03. The van der Waals surface area contributed by atoms with Crippen LogP contribution in [-0.4, -0.2) is 10.2 Å². The summed E-state index contributed by atoms with van der Waals surface area (Å²) in [6.45, 7) is 2.08. The van der Waals surface area contributed by atoms with E-state index in [0.717, 1.165) is 20.9 Å². The lowest BCUT2D eigenvalue weighted by molar-refractivity contribution is 0.943. The third kappa shape index (κ3) is 3.03. The van der Waals surface area contributed by atoms with Gasteiger partial charge in [0, 0.05) is 9.75 Å². The molecule has 0 aliphatic heterocycles. The van der Waals surface area contributed by atoms with Gasteiger partial charge in [-0.05, 0) is 30.0 Å². The summed E-state index contributed by atoms with van der Waals surface area (Å²) in [6, 6.07) is 8.26. The summed E-state index contributed by atoms with van der Waals surface area (Å²) in [5.41, 5.74) is 0. The van der Waals surface area contributed by atoms with E-state index in [9.17, 15) is 0 Å². The van der Waals surface area contributed by atoms with Crippen LogP contribution in [0.3, 0.4) is 0 Å². The number of nitrogens with one attached hydrogen (secondary N) is 1. The summed E-state index contributed by atoms with van der Waals surface area (Å²) in [7, 11) is 0. The topological polar surface area (TPSA) is 37.8 Å². The Kier molecular flexibility index (Phi) is 4.35. The van der Waals surface area contributed by atoms with Crippen LogP contribution in [-0.2, 0) is 6.42 Å². The van der Waals surface area contributed by atoms with Gasteiger partial charge in [-0.15, -0.1) is 32.9 Å². The number of anilines is 1. The van der Waals surface area contributed by atoms with Crippen LogP contribution in [0.4, 0.5) is 5.13 Å². The molecule has 0 aromatic carbocycles. The molecule has 0 bridgehead atoms. The molecule has 3 heterocycles. The number of nitrogens with zero attached hydrogens (tertiary/aromatic N) is 2. The maximum absolute atomic E-state index is 6.06. The molecule has 104 valence electrons. The second-order valence-corrected chi connectivity index (χ2v) is 7.88. The summed E-state index contributed by atoms with van der Waals surface area (Å²) in [5.74, 6) is 0. The Balaban J connectivity index is 1.90. The van der Waals surface area contributed by atoms with Crippen molar-refractivity contribution < 1.29 is 0 Å². The first kappa shape index (κ1) is 14.0. The molecule has 1 atom stereocenters. The van der Waals surface area contributed by atoms with Crippen LogP contribution in [0.25, 0.3) is 0 Å². The smallest absolute Gasteiger partial charge is 0.206 e. The molecule has 0 saturated heterocycles. The molecule has 3 rings (SSSR count). The second-order valence-electron chi connectivity index (χ2n) is 4.09. The van der Waals surface area contributed by atoms with Gasteiger partial charge in [0.05, 0.1) is 10.4 Å². The van der Waals surface area contributed by atoms with E-state index < -0.39 is 0 Å². The Hall–Kier alpha value is -0.950. The van der Waals surface area contributed by atoms with Crippen molar-refractivity contribution in [3.8, 4) is 0 Å². The van der Waals surface area contributed by atoms with Gasteiger partial charge in [-0.2, -0.15) is 0 Å². The summed E-state index contributed by atoms with van der Waals surface area (Å²) in [6.07, 6.45) is 0.911. The molecule has 0 aliphatic rings. The lowest BCUT2D eigenvalue weighted by Gasteiger charge is -2.14. The number of aromatic nitrogens is 2. The average molecular weight is 342 g/mol. The maximum Gasteiger partial charge on any atom is 0.206 e. The van der Waals surface area contributed by atoms with Crippen molar-refractivity contribution in [2.24, 2.45) is 0 Å². The first-order valence-electron chi connectivity index (χ1n) is 6.14. The molecule has 20 heavy (non-hydrogen) atoms. The molecule has 0 aliphatic carbocycles. The van der Waals surface area contributed by atoms with Crippen molar-refractivity contribution in [1.29, 1.82) is 0 Å². The highest BCUT2D eigenvalue weighted by atomic mass is 35.5. The molecular weight excluding hydrogens is 330 g/mol. The molecular formula is C13H12ClN3S3. The Labute approximate surface area is 134 Å². The minimum atomic E-state index is 0.0881. The van der Waals surface area contributed by atoms with E-state index in [4.69, 9.17) is 11.6 Å². The minimum Gasteiger partial charge on any atom is -0.348 e. The molecule has 0 fully saturated rings. The van der Waals surface area contributed by atoms with E-state index in [2.05, 4.69) is 46.0 Å². The van der Waals surface area contributed by atoms with Gasteiger partial charge in [0.1, 0.15) is 5.01 Å². The summed E-state index contributed by atoms with van der Waals surface area (Å²) < 4.78 is 0.801. The summed E-state index contributed by atoms with van der Waals surface area (Å²) in [4.78, 5) is 2.43. The fourth-order valence-corrected chi connectivity index (χ4v) is 4.51. The maximum atomic E-state index is 6.06. The van der Waals surface area contributed by atoms with Crippen LogP contribution in [0.1, 0.15) is 27.7 Å². The monoisotopic (exact) mass is 341 g/mol. The fourth-order valence-electron chi connectivity index (χ4n) is 1.80. The number of halogens is 1. The van der Waals surface area contributed by atoms with Crippen LogP contribution in [0, 0.1) is 0 Å². The zero-order valence-electron chi connectivity index (χ0n) is 10.7. The number of hydrogen-bond donors (Lipinski definition) is 1. The van der Waals surface area contributed by atoms with Crippen LogP contribution >= 0.6 is 45.6 Å². The Morgan fingerprint density at radius 3 is 2.70 bits per heavy atom. The predicted molar refractivity (Wildman–Crippen MR) is 88.4 cm³/mol. The van der Waals surface area contributed by atoms with E-state index in [1.165, 1.54) is 9.75 Å². The lowest BCUT2D eigenvalue weighted by Crippen LogP contribution is -2.09. The largest absolute Gasteiger partial charge is 0.348 e. The number of thiophene rings is 2. The van der Waals surface area contributed by atoms with Gasteiger partial charge in [0.25, 0.3) is 0 Å². The molecule has 7 heteroatoms. The van der Waals surface area contributed by atoms with E-state index in [-0.39, 0.29) is 6.04 Å². The Bertz CT molecular complexity index is 675. The molecule has 1 unspecified atom stereocenters. The van der Waals surface area contributed by atoms with Crippen molar-refractivity contribution in [1.82, 2.24) is 10.2 Å². The molecule has 1 N–H and O–H groups in total. The van der Waals surface area contributed by atoms with Crippen LogP contribution in [0.2, 0.25) is 4.34 Å². The van der Waals surface area contributed by atoms with Crippen molar-refractivity contribution in [3.05, 3.63) is 48.7 Å². The zero-order valence-corrected chi connectivity index (χ0v) is 13.9. The number of rotatable bonds is 5. The first-order chi connectivity index (χ1) is 9.76. The molecule has 3 aromatic rings. The number of aryl methyl sites for hydroxylation is 1. The van der Waals surface area contributed by atoms with E-state index >= 15 is 0 Å². The summed E-state index contributed by atoms with van der Waals surface area (Å²) in [5, 5.41) is 15.8. The minimum absolute atomic E-state index is 0.0881. The summed E-state index contributed by atoms with van der Waals surface area (Å²) >= 11 is 11.0. The third-order valence-electron chi connectivity index (χ3n) is 2.74. The predicted octanol–water partition coefficient (Wildman–Crippen LogP) is 5.08. The average Bonchev–Trinajstić information content (AvgIpc) is 3.17. The standard InChI is InChI=1S/C13H12ClN3S3/c1-2-11-16-17-13(20-11)15-12(8-4-3-7-18-8)9-5-6-10(14)19-9/h3-7,12H,2H2,1H3,(H,15,17). The van der Waals surface area contributed by atoms with Gasteiger partial charge in [-0.25, -0.2) is 0 Å². The Morgan fingerprint density at radius 2 is 2.10 bits per heavy atom. The van der Waals surface area contributed by atoms with Crippen molar-refractivity contribution in [2.45, 2.75) is 19.4 Å². The van der Waals surface area contributed by atoms with Crippen molar-refractivity contribution in [3.63, 3.8) is 0 Å². The molecule has 3 aromatic heterocycles. The van der Waals surface area contributed by atoms with Gasteiger partial charge >= 0.3 is 0 Å². The van der Waals surface area contributed by atoms with Crippen molar-refractivity contribution >= 4 is 50.7 Å². The van der Waals surface area contributed by atoms with Crippen LogP contribution in [0.15, 0.2) is 29.6 Å². The molecule has 0 spiro atoms. The highest BCUT2D eigenvalue weighted by Gasteiger charge is 2.19. The SMILES string of the molecule is CCc1nnc(NC(c2cccs2)c2ccc(Cl)s2)s1. The quantitative estimate of drug-likeness (QED) is 0.703. The fraction of sp³-hybridized carbons (Fsp3) is 0.231. The van der Waals surface area contributed by atoms with E-state index in [1.807, 2.05) is 6.07 Å². The van der Waals surface area contributed by atoms with Gasteiger partial charge < -0.3 is 5.32 Å². The van der Waals surface area contributed by atoms with Gasteiger partial charge in [-0.3, -0.25) is 0 Å². The van der Waals surface area contributed by atoms with E-state index in [0.29, 0.717) is 0 Å². The van der Waals surface area contributed by atoms with Gasteiger partial charge in [-0.1, -0.05) is 35.9 Å². The van der Waals surface area contributed by atoms with Crippen LogP contribution in [0.5, 0.6) is 0 Å². The van der Waals surface area contributed by atoms with Gasteiger partial charge in [0.2, 0.25) is 5.13 Å². The van der Waals surface area contributed by atoms with Crippen LogP contribution < -0.4 is 5.32 Å². The molecule has 0 saturated carbocycles. The number of hydrogen-bond acceptors (Lipinski definition) is 6. The molecule has 0 amide bonds. The van der Waals surface area contributed by atoms with E-state index in [1.54, 1.807) is 34.0 Å². The molecule has 3 nitrogen and oxygen atoms in total. The highest BCUT2D eigenvalue weighted by molar-refractivity contribution is 7.17. The highest BCUT2D eigenvalue weighted by Crippen LogP contribution is 2.36. The third-order valence-corrected chi connectivity index (χ3v) is 5.98. The molecule has 0 radical (unpaired) electrons. The van der Waals surface area contributed by atoms with Crippen molar-refractivity contribution in [2.75, 3.05) is 5.32 Å². The zero-order chi connectivity index (χ0) is 13.9. The lowest BCUT2D eigenvalue weighted by atomic mass is 10.2. The normalized spacial score (nSPS) is 12.5. The second kappa shape index (κ2) is 6.22.